The van der Waals surface area contributed by atoms with E-state index in [0.29, 0.717) is 0 Å². The van der Waals surface area contributed by atoms with Crippen molar-refractivity contribution in [2.24, 2.45) is 0 Å². The van der Waals surface area contributed by atoms with Gasteiger partial charge in [-0.2, -0.15) is 11.3 Å². The van der Waals surface area contributed by atoms with Crippen LogP contribution in [0.3, 0.4) is 0 Å². The molecule has 0 aliphatic rings. The van der Waals surface area contributed by atoms with E-state index in [9.17, 15) is 0 Å². The Bertz CT molecular complexity index is 256. The molecule has 1 nitrogen and oxygen atoms in total. The van der Waals surface area contributed by atoms with Gasteiger partial charge >= 0.3 is 0 Å². The summed E-state index contributed by atoms with van der Waals surface area (Å²) in [5, 5.41) is 7.95. The van der Waals surface area contributed by atoms with Crippen LogP contribution in [-0.2, 0) is 6.42 Å². The van der Waals surface area contributed by atoms with Crippen molar-refractivity contribution in [3.8, 4) is 0 Å². The number of rotatable bonds is 12. The van der Waals surface area contributed by atoms with Crippen molar-refractivity contribution in [3.05, 3.63) is 22.4 Å². The Morgan fingerprint density at radius 2 is 1.67 bits per heavy atom. The summed E-state index contributed by atoms with van der Waals surface area (Å²) in [5.74, 6) is 0. The quantitative estimate of drug-likeness (QED) is 0.524. The summed E-state index contributed by atoms with van der Waals surface area (Å²) in [6, 6.07) is 2.22. The van der Waals surface area contributed by atoms with Crippen LogP contribution in [0.15, 0.2) is 16.8 Å². The van der Waals surface area contributed by atoms with Gasteiger partial charge < -0.3 is 5.32 Å². The van der Waals surface area contributed by atoms with E-state index < -0.39 is 0 Å². The lowest BCUT2D eigenvalue weighted by molar-refractivity contribution is 0.556. The van der Waals surface area contributed by atoms with Crippen LogP contribution in [0.4, 0.5) is 0 Å². The van der Waals surface area contributed by atoms with Gasteiger partial charge in [-0.15, -0.1) is 0 Å². The molecule has 0 aromatic carbocycles. The SMILES string of the molecule is CCCCCCCCCCNCCc1ccsc1. The Balaban J connectivity index is 1.73. The molecule has 1 heterocycles. The summed E-state index contributed by atoms with van der Waals surface area (Å²) in [6.07, 6.45) is 12.5. The number of hydrogen-bond acceptors (Lipinski definition) is 2. The second-order valence-electron chi connectivity index (χ2n) is 5.11. The zero-order chi connectivity index (χ0) is 12.9. The molecule has 18 heavy (non-hydrogen) atoms. The lowest BCUT2D eigenvalue weighted by Gasteiger charge is -2.04. The highest BCUT2D eigenvalue weighted by Gasteiger charge is 1.94. The average molecular weight is 267 g/mol. The molecule has 0 saturated carbocycles. The molecule has 0 fully saturated rings. The van der Waals surface area contributed by atoms with Crippen LogP contribution >= 0.6 is 11.3 Å². The monoisotopic (exact) mass is 267 g/mol. The number of hydrogen-bond donors (Lipinski definition) is 1. The van der Waals surface area contributed by atoms with Gasteiger partial charge in [-0.1, -0.05) is 51.9 Å². The fourth-order valence-electron chi connectivity index (χ4n) is 2.18. The third-order valence-corrected chi connectivity index (χ3v) is 4.11. The lowest BCUT2D eigenvalue weighted by atomic mass is 10.1. The smallest absolute Gasteiger partial charge is 0.000806 e. The predicted molar refractivity (Wildman–Crippen MR) is 83.5 cm³/mol. The van der Waals surface area contributed by atoms with Crippen molar-refractivity contribution < 1.29 is 0 Å². The number of thiophene rings is 1. The summed E-state index contributed by atoms with van der Waals surface area (Å²) in [6.45, 7) is 4.61. The third-order valence-electron chi connectivity index (χ3n) is 3.38. The van der Waals surface area contributed by atoms with Gasteiger partial charge in [0, 0.05) is 0 Å². The zero-order valence-corrected chi connectivity index (χ0v) is 12.7. The molecular formula is C16H29NS. The molecule has 1 aromatic rings. The molecule has 1 N–H and O–H groups in total. The first-order valence-electron chi connectivity index (χ1n) is 7.65. The summed E-state index contributed by atoms with van der Waals surface area (Å²) in [4.78, 5) is 0. The second-order valence-corrected chi connectivity index (χ2v) is 5.89. The van der Waals surface area contributed by atoms with Crippen molar-refractivity contribution in [2.75, 3.05) is 13.1 Å². The molecule has 0 amide bonds. The highest BCUT2D eigenvalue weighted by Crippen LogP contribution is 2.08. The van der Waals surface area contributed by atoms with Gasteiger partial charge in [0.25, 0.3) is 0 Å². The fourth-order valence-corrected chi connectivity index (χ4v) is 2.88. The van der Waals surface area contributed by atoms with Crippen LogP contribution in [-0.4, -0.2) is 13.1 Å². The minimum atomic E-state index is 1.13. The molecular weight excluding hydrogens is 238 g/mol. The van der Waals surface area contributed by atoms with Crippen molar-refractivity contribution in [2.45, 2.75) is 64.7 Å². The molecule has 104 valence electrons. The molecule has 0 aliphatic heterocycles. The third kappa shape index (κ3) is 8.71. The van der Waals surface area contributed by atoms with Crippen LogP contribution < -0.4 is 5.32 Å². The molecule has 1 aromatic heterocycles. The van der Waals surface area contributed by atoms with Gasteiger partial charge in [0.2, 0.25) is 0 Å². The van der Waals surface area contributed by atoms with Gasteiger partial charge in [-0.3, -0.25) is 0 Å². The first-order valence-corrected chi connectivity index (χ1v) is 8.59. The van der Waals surface area contributed by atoms with Crippen molar-refractivity contribution in [1.82, 2.24) is 5.32 Å². The summed E-state index contributed by atoms with van der Waals surface area (Å²) >= 11 is 1.79. The molecule has 0 bridgehead atoms. The van der Waals surface area contributed by atoms with Gasteiger partial charge in [-0.05, 0) is 48.3 Å². The highest BCUT2D eigenvalue weighted by atomic mass is 32.1. The predicted octanol–water partition coefficient (Wildman–Crippen LogP) is 5.02. The number of unbranched alkanes of at least 4 members (excludes halogenated alkanes) is 7. The van der Waals surface area contributed by atoms with Gasteiger partial charge in [0.15, 0.2) is 0 Å². The Morgan fingerprint density at radius 1 is 0.944 bits per heavy atom. The van der Waals surface area contributed by atoms with Gasteiger partial charge in [0.1, 0.15) is 0 Å². The van der Waals surface area contributed by atoms with E-state index >= 15 is 0 Å². The van der Waals surface area contributed by atoms with Crippen LogP contribution in [0.1, 0.15) is 63.9 Å². The van der Waals surface area contributed by atoms with Gasteiger partial charge in [0.05, 0.1) is 0 Å². The Kier molecular flexibility index (Phi) is 10.2. The molecule has 0 unspecified atom stereocenters. The maximum absolute atomic E-state index is 3.54. The first kappa shape index (κ1) is 15.7. The maximum atomic E-state index is 3.54. The largest absolute Gasteiger partial charge is 0.316 e. The van der Waals surface area contributed by atoms with E-state index in [1.165, 1.54) is 69.9 Å². The van der Waals surface area contributed by atoms with Crippen LogP contribution in [0.25, 0.3) is 0 Å². The second kappa shape index (κ2) is 11.7. The average Bonchev–Trinajstić information content (AvgIpc) is 2.89. The Morgan fingerprint density at radius 3 is 2.33 bits per heavy atom. The molecule has 0 atom stereocenters. The fraction of sp³-hybridized carbons (Fsp3) is 0.750. The Labute approximate surface area is 117 Å². The molecule has 0 radical (unpaired) electrons. The van der Waals surface area contributed by atoms with E-state index in [-0.39, 0.29) is 0 Å². The normalized spacial score (nSPS) is 10.9. The highest BCUT2D eigenvalue weighted by molar-refractivity contribution is 7.07. The van der Waals surface area contributed by atoms with Crippen molar-refractivity contribution in [3.63, 3.8) is 0 Å². The van der Waals surface area contributed by atoms with Crippen molar-refractivity contribution in [1.29, 1.82) is 0 Å². The summed E-state index contributed by atoms with van der Waals surface area (Å²) in [5.41, 5.74) is 1.48. The van der Waals surface area contributed by atoms with E-state index in [2.05, 4.69) is 29.1 Å². The minimum absolute atomic E-state index is 1.13. The number of nitrogens with one attached hydrogen (secondary N) is 1. The summed E-state index contributed by atoms with van der Waals surface area (Å²) < 4.78 is 0. The minimum Gasteiger partial charge on any atom is -0.316 e. The molecule has 1 rings (SSSR count). The van der Waals surface area contributed by atoms with E-state index in [0.717, 1.165) is 6.54 Å². The molecule has 0 saturated heterocycles. The summed E-state index contributed by atoms with van der Waals surface area (Å²) in [7, 11) is 0. The van der Waals surface area contributed by atoms with E-state index in [1.807, 2.05) is 0 Å². The van der Waals surface area contributed by atoms with Crippen LogP contribution in [0.5, 0.6) is 0 Å². The van der Waals surface area contributed by atoms with Crippen LogP contribution in [0.2, 0.25) is 0 Å². The van der Waals surface area contributed by atoms with E-state index in [4.69, 9.17) is 0 Å². The molecule has 0 aliphatic carbocycles. The topological polar surface area (TPSA) is 12.0 Å². The van der Waals surface area contributed by atoms with E-state index in [1.54, 1.807) is 11.3 Å². The van der Waals surface area contributed by atoms with Crippen LogP contribution in [0, 0.1) is 0 Å². The first-order chi connectivity index (χ1) is 8.93. The van der Waals surface area contributed by atoms with Crippen molar-refractivity contribution >= 4 is 11.3 Å². The zero-order valence-electron chi connectivity index (χ0n) is 11.9. The lowest BCUT2D eigenvalue weighted by Crippen LogP contribution is -2.18. The molecule has 2 heteroatoms. The molecule has 0 spiro atoms. The standard InChI is InChI=1S/C16H29NS/c1-2-3-4-5-6-7-8-9-12-17-13-10-16-11-14-18-15-16/h11,14-15,17H,2-10,12-13H2,1H3. The maximum Gasteiger partial charge on any atom is -0.000806 e. The Hall–Kier alpha value is -0.340. The van der Waals surface area contributed by atoms with Gasteiger partial charge in [-0.25, -0.2) is 0 Å².